The lowest BCUT2D eigenvalue weighted by Gasteiger charge is -2.50. The number of fused-ring (bicyclic) bond motifs is 4. The largest absolute Gasteiger partial charge is 0.504 e. The second kappa shape index (κ2) is 11.4. The van der Waals surface area contributed by atoms with Gasteiger partial charge in [0.05, 0.1) is 38.4 Å². The predicted molar refractivity (Wildman–Crippen MR) is 148 cm³/mol. The van der Waals surface area contributed by atoms with Crippen molar-refractivity contribution in [2.75, 3.05) is 41.2 Å². The van der Waals surface area contributed by atoms with Crippen molar-refractivity contribution in [2.45, 2.75) is 62.1 Å². The average Bonchev–Trinajstić information content (AvgIpc) is 3.62. The van der Waals surface area contributed by atoms with Crippen LogP contribution in [-0.4, -0.2) is 99.2 Å². The van der Waals surface area contributed by atoms with Crippen molar-refractivity contribution in [3.63, 3.8) is 0 Å². The molecule has 0 bridgehead atoms. The SMILES string of the molecule is COc1cc([C@@H]2c3cc4c(cc3[C@@H](OC3OC5COC(C)OC5C(O)C3N(C)C)[C@H]3COC(=O)[C@H]23)OCO4)cc(C(F)(F)F)c1O. The summed E-state index contributed by atoms with van der Waals surface area (Å²) in [4.78, 5) is 15.2. The fourth-order valence-electron chi connectivity index (χ4n) is 7.37. The molecule has 3 saturated heterocycles. The molecular formula is C31H34F3NO11. The summed E-state index contributed by atoms with van der Waals surface area (Å²) in [5.74, 6) is -3.97. The molecule has 2 aromatic carbocycles. The maximum Gasteiger partial charge on any atom is 0.420 e. The number of aliphatic hydroxyl groups excluding tert-OH is 1. The summed E-state index contributed by atoms with van der Waals surface area (Å²) in [6, 6.07) is 4.74. The molecule has 250 valence electrons. The van der Waals surface area contributed by atoms with E-state index in [2.05, 4.69) is 0 Å². The number of carbonyl (C=O) groups excluding carboxylic acids is 1. The lowest BCUT2D eigenvalue weighted by molar-refractivity contribution is -0.354. The number of halogens is 3. The van der Waals surface area contributed by atoms with Crippen molar-refractivity contribution in [1.29, 1.82) is 0 Å². The van der Waals surface area contributed by atoms with E-state index in [4.69, 9.17) is 37.9 Å². The highest BCUT2D eigenvalue weighted by Crippen LogP contribution is 2.57. The molecule has 46 heavy (non-hydrogen) atoms. The number of alkyl halides is 3. The fourth-order valence-corrected chi connectivity index (χ4v) is 7.37. The van der Waals surface area contributed by atoms with Gasteiger partial charge in [-0.2, -0.15) is 13.2 Å². The smallest absolute Gasteiger partial charge is 0.420 e. The topological polar surface area (TPSA) is 135 Å². The fraction of sp³-hybridized carbons (Fsp3) is 0.581. The number of benzene rings is 2. The van der Waals surface area contributed by atoms with E-state index in [9.17, 15) is 28.2 Å². The van der Waals surface area contributed by atoms with E-state index < -0.39 is 90.0 Å². The van der Waals surface area contributed by atoms with Crippen LogP contribution in [0.25, 0.3) is 0 Å². The van der Waals surface area contributed by atoms with E-state index in [1.165, 1.54) is 6.07 Å². The van der Waals surface area contributed by atoms with Crippen LogP contribution in [0.15, 0.2) is 24.3 Å². The Kier molecular flexibility index (Phi) is 7.76. The molecule has 4 aliphatic heterocycles. The zero-order chi connectivity index (χ0) is 32.7. The van der Waals surface area contributed by atoms with E-state index in [0.29, 0.717) is 22.6 Å². The molecule has 0 aromatic heterocycles. The molecule has 4 heterocycles. The number of carbonyl (C=O) groups is 1. The number of rotatable bonds is 5. The quantitative estimate of drug-likeness (QED) is 0.460. The Morgan fingerprint density at radius 2 is 1.72 bits per heavy atom. The third-order valence-electron chi connectivity index (χ3n) is 9.46. The highest BCUT2D eigenvalue weighted by molar-refractivity contribution is 5.79. The minimum Gasteiger partial charge on any atom is -0.504 e. The molecule has 0 radical (unpaired) electrons. The van der Waals surface area contributed by atoms with Crippen molar-refractivity contribution in [1.82, 2.24) is 4.90 Å². The molecule has 7 rings (SSSR count). The van der Waals surface area contributed by atoms with Crippen molar-refractivity contribution >= 4 is 5.97 Å². The van der Waals surface area contributed by atoms with Crippen LogP contribution in [0.1, 0.15) is 41.2 Å². The number of esters is 1. The first kappa shape index (κ1) is 31.3. The van der Waals surface area contributed by atoms with Gasteiger partial charge in [-0.15, -0.1) is 0 Å². The Bertz CT molecular complexity index is 1520. The lowest BCUT2D eigenvalue weighted by Crippen LogP contribution is -2.66. The Morgan fingerprint density at radius 3 is 2.39 bits per heavy atom. The first-order chi connectivity index (χ1) is 21.9. The van der Waals surface area contributed by atoms with Gasteiger partial charge >= 0.3 is 12.1 Å². The van der Waals surface area contributed by atoms with E-state index in [1.54, 1.807) is 38.1 Å². The van der Waals surface area contributed by atoms with Crippen LogP contribution in [0, 0.1) is 11.8 Å². The number of methoxy groups -OCH3 is 1. The molecule has 0 saturated carbocycles. The summed E-state index contributed by atoms with van der Waals surface area (Å²) in [6.07, 6.45) is -9.71. The van der Waals surface area contributed by atoms with Crippen molar-refractivity contribution in [3.8, 4) is 23.0 Å². The molecule has 3 fully saturated rings. The Morgan fingerprint density at radius 1 is 1.00 bits per heavy atom. The zero-order valence-electron chi connectivity index (χ0n) is 25.4. The third kappa shape index (κ3) is 5.04. The van der Waals surface area contributed by atoms with Gasteiger partial charge < -0.3 is 48.1 Å². The first-order valence-electron chi connectivity index (χ1n) is 14.9. The monoisotopic (exact) mass is 653 g/mol. The molecule has 10 atom stereocenters. The molecule has 2 N–H and O–H groups in total. The van der Waals surface area contributed by atoms with E-state index >= 15 is 0 Å². The van der Waals surface area contributed by atoms with Gasteiger partial charge in [0.15, 0.2) is 35.6 Å². The number of hydrogen-bond donors (Lipinski definition) is 2. The van der Waals surface area contributed by atoms with Crippen LogP contribution in [0.3, 0.4) is 0 Å². The first-order valence-corrected chi connectivity index (χ1v) is 14.9. The molecule has 6 unspecified atom stereocenters. The maximum atomic E-state index is 14.1. The number of hydrogen-bond acceptors (Lipinski definition) is 12. The zero-order valence-corrected chi connectivity index (χ0v) is 25.4. The van der Waals surface area contributed by atoms with Gasteiger partial charge in [0.1, 0.15) is 23.9 Å². The van der Waals surface area contributed by atoms with Gasteiger partial charge in [0.25, 0.3) is 0 Å². The van der Waals surface area contributed by atoms with Crippen LogP contribution in [0.5, 0.6) is 23.0 Å². The molecule has 1 aliphatic carbocycles. The van der Waals surface area contributed by atoms with Gasteiger partial charge in [-0.1, -0.05) is 0 Å². The number of likely N-dealkylation sites (N-methyl/N-ethyl adjacent to an activating group) is 1. The normalized spacial score (nSPS) is 34.9. The third-order valence-corrected chi connectivity index (χ3v) is 9.46. The second-order valence-electron chi connectivity index (χ2n) is 12.3. The van der Waals surface area contributed by atoms with E-state index in [1.807, 2.05) is 0 Å². The molecule has 15 heteroatoms. The van der Waals surface area contributed by atoms with Gasteiger partial charge in [-0.3, -0.25) is 9.69 Å². The second-order valence-corrected chi connectivity index (χ2v) is 12.3. The summed E-state index contributed by atoms with van der Waals surface area (Å²) in [5, 5.41) is 21.8. The highest BCUT2D eigenvalue weighted by Gasteiger charge is 2.56. The van der Waals surface area contributed by atoms with Gasteiger partial charge in [0.2, 0.25) is 6.79 Å². The lowest BCUT2D eigenvalue weighted by atomic mass is 9.66. The average molecular weight is 654 g/mol. The number of phenolic OH excluding ortho intramolecular Hbond substituents is 1. The summed E-state index contributed by atoms with van der Waals surface area (Å²) in [5.41, 5.74) is -0.246. The van der Waals surface area contributed by atoms with Gasteiger partial charge in [-0.25, -0.2) is 0 Å². The number of cyclic esters (lactones) is 1. The Hall–Kier alpha value is -3.34. The van der Waals surface area contributed by atoms with Crippen LogP contribution in [0.4, 0.5) is 13.2 Å². The van der Waals surface area contributed by atoms with Crippen LogP contribution >= 0.6 is 0 Å². The molecule has 0 amide bonds. The number of nitrogens with zero attached hydrogens (tertiary/aromatic N) is 1. The molecule has 2 aromatic rings. The van der Waals surface area contributed by atoms with Crippen molar-refractivity contribution < 1.29 is 66.1 Å². The van der Waals surface area contributed by atoms with Crippen LogP contribution < -0.4 is 14.2 Å². The minimum atomic E-state index is -4.91. The molecule has 5 aliphatic rings. The number of aliphatic hydroxyl groups is 1. The molecule has 0 spiro atoms. The standard InChI is InChI=1S/C31H34F3NO11/c1-12-40-10-21-28(44-12)26(37)24(35(2)3)30(45-21)46-27-15-8-19-18(42-11-43-19)7-14(15)22(23-16(27)9-41-29(23)38)13-5-17(31(32,33)34)25(36)20(6-13)39-4/h5-8,12,16,21-24,26-28,30,36-37H,9-11H2,1-4H3/t12?,16-,21?,22+,23-,24?,26?,27+,28?,30?/m0/s1. The summed E-state index contributed by atoms with van der Waals surface area (Å²) >= 11 is 0. The Balaban J connectivity index is 1.35. The van der Waals surface area contributed by atoms with E-state index in [-0.39, 0.29) is 25.6 Å². The number of aromatic hydroxyl groups is 1. The predicted octanol–water partition coefficient (Wildman–Crippen LogP) is 2.92. The summed E-state index contributed by atoms with van der Waals surface area (Å²) in [6.45, 7) is 1.73. The van der Waals surface area contributed by atoms with Crippen molar-refractivity contribution in [3.05, 3.63) is 46.5 Å². The number of ether oxygens (including phenoxy) is 8. The summed E-state index contributed by atoms with van der Waals surface area (Å²) in [7, 11) is 4.68. The minimum absolute atomic E-state index is 0.0727. The number of phenols is 1. The van der Waals surface area contributed by atoms with Crippen LogP contribution in [0.2, 0.25) is 0 Å². The van der Waals surface area contributed by atoms with Crippen molar-refractivity contribution in [2.24, 2.45) is 11.8 Å². The van der Waals surface area contributed by atoms with Gasteiger partial charge in [0, 0.05) is 11.8 Å². The molecular weight excluding hydrogens is 619 g/mol. The summed E-state index contributed by atoms with van der Waals surface area (Å²) < 4.78 is 88.8. The van der Waals surface area contributed by atoms with Crippen LogP contribution in [-0.2, 0) is 34.7 Å². The Labute approximate surface area is 261 Å². The highest BCUT2D eigenvalue weighted by atomic mass is 19.4. The molecule has 12 nitrogen and oxygen atoms in total. The van der Waals surface area contributed by atoms with E-state index in [0.717, 1.165) is 13.2 Å². The maximum absolute atomic E-state index is 14.1. The van der Waals surface area contributed by atoms with Gasteiger partial charge in [-0.05, 0) is 62.0 Å².